The van der Waals surface area contributed by atoms with E-state index in [4.69, 9.17) is 0 Å². The summed E-state index contributed by atoms with van der Waals surface area (Å²) < 4.78 is 28.4. The second-order valence-electron chi connectivity index (χ2n) is 6.38. The standard InChI is InChI=1S/C18H20F2N6O/c1-11-5-4-6-14(7-11)9-25-10-21-18(24-25)22-17(27)13(3)26-12(2)8-15(23-26)16(19)20/h4-8,10,13,16H,9H2,1-3H3,(H,22,24,27). The highest BCUT2D eigenvalue weighted by molar-refractivity contribution is 5.91. The van der Waals surface area contributed by atoms with Gasteiger partial charge in [-0.3, -0.25) is 14.8 Å². The van der Waals surface area contributed by atoms with Crippen molar-refractivity contribution in [3.63, 3.8) is 0 Å². The maximum absolute atomic E-state index is 12.8. The van der Waals surface area contributed by atoms with Gasteiger partial charge in [-0.25, -0.2) is 18.4 Å². The van der Waals surface area contributed by atoms with Crippen LogP contribution in [0.1, 0.15) is 41.9 Å². The molecule has 27 heavy (non-hydrogen) atoms. The minimum absolute atomic E-state index is 0.151. The molecule has 9 heteroatoms. The molecule has 0 bridgehead atoms. The maximum atomic E-state index is 12.8. The molecule has 1 aromatic carbocycles. The highest BCUT2D eigenvalue weighted by Crippen LogP contribution is 2.20. The van der Waals surface area contributed by atoms with E-state index < -0.39 is 18.4 Å². The molecule has 1 amide bonds. The van der Waals surface area contributed by atoms with Crippen LogP contribution < -0.4 is 5.32 Å². The van der Waals surface area contributed by atoms with Crippen LogP contribution in [-0.4, -0.2) is 30.5 Å². The Labute approximate surface area is 155 Å². The van der Waals surface area contributed by atoms with Crippen molar-refractivity contribution in [3.8, 4) is 0 Å². The monoisotopic (exact) mass is 374 g/mol. The van der Waals surface area contributed by atoms with Gasteiger partial charge in [-0.1, -0.05) is 29.8 Å². The molecular weight excluding hydrogens is 354 g/mol. The first-order valence-electron chi connectivity index (χ1n) is 8.43. The number of carbonyl (C=O) groups excluding carboxylic acids is 1. The lowest BCUT2D eigenvalue weighted by molar-refractivity contribution is -0.119. The van der Waals surface area contributed by atoms with E-state index in [9.17, 15) is 13.6 Å². The van der Waals surface area contributed by atoms with Gasteiger partial charge in [-0.15, -0.1) is 5.10 Å². The smallest absolute Gasteiger partial charge is 0.282 e. The zero-order valence-corrected chi connectivity index (χ0v) is 15.2. The predicted molar refractivity (Wildman–Crippen MR) is 95.6 cm³/mol. The average Bonchev–Trinajstić information content (AvgIpc) is 3.20. The van der Waals surface area contributed by atoms with Gasteiger partial charge in [0.2, 0.25) is 5.95 Å². The highest BCUT2D eigenvalue weighted by atomic mass is 19.3. The zero-order chi connectivity index (χ0) is 19.6. The van der Waals surface area contributed by atoms with Crippen LogP contribution in [0.15, 0.2) is 36.7 Å². The number of halogens is 2. The molecule has 142 valence electrons. The molecular formula is C18H20F2N6O. The van der Waals surface area contributed by atoms with Gasteiger partial charge in [0.25, 0.3) is 12.3 Å². The molecule has 3 aromatic rings. The number of hydrogen-bond donors (Lipinski definition) is 1. The number of rotatable bonds is 6. The molecule has 0 saturated carbocycles. The number of aromatic nitrogens is 5. The minimum Gasteiger partial charge on any atom is -0.291 e. The quantitative estimate of drug-likeness (QED) is 0.718. The molecule has 0 spiro atoms. The molecule has 3 rings (SSSR count). The van der Waals surface area contributed by atoms with Crippen molar-refractivity contribution in [2.75, 3.05) is 5.32 Å². The Morgan fingerprint density at radius 2 is 2.00 bits per heavy atom. The molecule has 0 aliphatic heterocycles. The summed E-state index contributed by atoms with van der Waals surface area (Å²) in [5, 5.41) is 10.6. The number of anilines is 1. The van der Waals surface area contributed by atoms with Crippen molar-refractivity contribution in [1.82, 2.24) is 24.5 Å². The fourth-order valence-corrected chi connectivity index (χ4v) is 2.76. The number of nitrogens with zero attached hydrogens (tertiary/aromatic N) is 5. The van der Waals surface area contributed by atoms with Gasteiger partial charge in [-0.2, -0.15) is 5.10 Å². The van der Waals surface area contributed by atoms with Gasteiger partial charge < -0.3 is 0 Å². The van der Waals surface area contributed by atoms with Crippen LogP contribution in [0.25, 0.3) is 0 Å². The molecule has 1 unspecified atom stereocenters. The van der Waals surface area contributed by atoms with Gasteiger partial charge in [0.05, 0.1) is 6.54 Å². The normalized spacial score (nSPS) is 12.4. The van der Waals surface area contributed by atoms with Crippen molar-refractivity contribution in [2.45, 2.75) is 39.8 Å². The summed E-state index contributed by atoms with van der Waals surface area (Å²) in [4.78, 5) is 16.5. The average molecular weight is 374 g/mol. The summed E-state index contributed by atoms with van der Waals surface area (Å²) >= 11 is 0. The van der Waals surface area contributed by atoms with Crippen LogP contribution in [0, 0.1) is 13.8 Å². The Hall–Kier alpha value is -3.10. The highest BCUT2D eigenvalue weighted by Gasteiger charge is 2.22. The van der Waals surface area contributed by atoms with Crippen molar-refractivity contribution >= 4 is 11.9 Å². The second-order valence-corrected chi connectivity index (χ2v) is 6.38. The molecule has 7 nitrogen and oxygen atoms in total. The number of aryl methyl sites for hydroxylation is 2. The van der Waals surface area contributed by atoms with E-state index in [1.807, 2.05) is 31.2 Å². The number of benzene rings is 1. The van der Waals surface area contributed by atoms with Crippen molar-refractivity contribution in [2.24, 2.45) is 0 Å². The Kier molecular flexibility index (Phi) is 5.29. The maximum Gasteiger partial charge on any atom is 0.282 e. The van der Waals surface area contributed by atoms with Crippen LogP contribution in [0.3, 0.4) is 0 Å². The summed E-state index contributed by atoms with van der Waals surface area (Å²) in [5.74, 6) is -0.284. The van der Waals surface area contributed by atoms with Crippen molar-refractivity contribution in [1.29, 1.82) is 0 Å². The third-order valence-electron chi connectivity index (χ3n) is 4.11. The third kappa shape index (κ3) is 4.36. The van der Waals surface area contributed by atoms with Crippen LogP contribution in [0.4, 0.5) is 14.7 Å². The van der Waals surface area contributed by atoms with E-state index in [1.165, 1.54) is 17.1 Å². The fourth-order valence-electron chi connectivity index (χ4n) is 2.76. The summed E-state index contributed by atoms with van der Waals surface area (Å²) in [6, 6.07) is 8.49. The molecule has 0 aliphatic carbocycles. The molecule has 0 fully saturated rings. The zero-order valence-electron chi connectivity index (χ0n) is 15.2. The van der Waals surface area contributed by atoms with Crippen LogP contribution in [0.2, 0.25) is 0 Å². The van der Waals surface area contributed by atoms with Crippen LogP contribution in [-0.2, 0) is 11.3 Å². The van der Waals surface area contributed by atoms with Gasteiger partial charge >= 0.3 is 0 Å². The lowest BCUT2D eigenvalue weighted by Gasteiger charge is -2.12. The topological polar surface area (TPSA) is 77.6 Å². The van der Waals surface area contributed by atoms with E-state index in [1.54, 1.807) is 18.5 Å². The van der Waals surface area contributed by atoms with E-state index >= 15 is 0 Å². The Morgan fingerprint density at radius 3 is 2.67 bits per heavy atom. The summed E-state index contributed by atoms with van der Waals surface area (Å²) in [6.45, 7) is 5.73. The lowest BCUT2D eigenvalue weighted by Crippen LogP contribution is -2.26. The number of nitrogens with one attached hydrogen (secondary N) is 1. The summed E-state index contributed by atoms with van der Waals surface area (Å²) in [5.41, 5.74) is 2.34. The molecule has 2 aromatic heterocycles. The lowest BCUT2D eigenvalue weighted by atomic mass is 10.1. The third-order valence-corrected chi connectivity index (χ3v) is 4.11. The SMILES string of the molecule is Cc1cccc(Cn2cnc(NC(=O)C(C)n3nc(C(F)F)cc3C)n2)c1. The molecule has 0 radical (unpaired) electrons. The van der Waals surface area contributed by atoms with Gasteiger partial charge in [-0.05, 0) is 32.4 Å². The minimum atomic E-state index is -2.68. The first-order valence-corrected chi connectivity index (χ1v) is 8.43. The number of amides is 1. The fraction of sp³-hybridized carbons (Fsp3) is 0.333. The van der Waals surface area contributed by atoms with Crippen LogP contribution in [0.5, 0.6) is 0 Å². The molecule has 1 N–H and O–H groups in total. The van der Waals surface area contributed by atoms with E-state index in [0.29, 0.717) is 12.2 Å². The summed E-state index contributed by atoms with van der Waals surface area (Å²) in [7, 11) is 0. The second kappa shape index (κ2) is 7.65. The van der Waals surface area contributed by atoms with Gasteiger partial charge in [0.1, 0.15) is 18.1 Å². The predicted octanol–water partition coefficient (Wildman–Crippen LogP) is 3.28. The van der Waals surface area contributed by atoms with E-state index in [2.05, 4.69) is 20.5 Å². The van der Waals surface area contributed by atoms with Crippen LogP contribution >= 0.6 is 0 Å². The molecule has 1 atom stereocenters. The summed E-state index contributed by atoms with van der Waals surface area (Å²) in [6.07, 6.45) is -1.16. The van der Waals surface area contributed by atoms with Gasteiger partial charge in [0.15, 0.2) is 0 Å². The van der Waals surface area contributed by atoms with E-state index in [-0.39, 0.29) is 11.6 Å². The molecule has 2 heterocycles. The Bertz CT molecular complexity index is 949. The number of carbonyl (C=O) groups is 1. The van der Waals surface area contributed by atoms with Crippen molar-refractivity contribution < 1.29 is 13.6 Å². The Morgan fingerprint density at radius 1 is 1.22 bits per heavy atom. The molecule has 0 aliphatic rings. The van der Waals surface area contributed by atoms with Crippen molar-refractivity contribution in [3.05, 3.63) is 59.2 Å². The van der Waals surface area contributed by atoms with Gasteiger partial charge in [0, 0.05) is 5.69 Å². The first kappa shape index (κ1) is 18.7. The number of alkyl halides is 2. The first-order chi connectivity index (χ1) is 12.8. The molecule has 0 saturated heterocycles. The number of hydrogen-bond acceptors (Lipinski definition) is 4. The largest absolute Gasteiger partial charge is 0.291 e. The van der Waals surface area contributed by atoms with E-state index in [0.717, 1.165) is 11.1 Å². The Balaban J connectivity index is 1.67.